The highest BCUT2D eigenvalue weighted by molar-refractivity contribution is 7.22. The molecule has 0 aliphatic heterocycles. The van der Waals surface area contributed by atoms with Gasteiger partial charge in [-0.1, -0.05) is 17.4 Å². The Labute approximate surface area is 150 Å². The van der Waals surface area contributed by atoms with Gasteiger partial charge in [0.2, 0.25) is 5.91 Å². The van der Waals surface area contributed by atoms with Crippen LogP contribution in [-0.2, 0) is 4.79 Å². The van der Waals surface area contributed by atoms with Gasteiger partial charge in [0.25, 0.3) is 0 Å². The number of rotatable bonds is 5. The number of aliphatic imine (C=N–C) groups is 1. The molecular formula is C19H20FN3OS. The van der Waals surface area contributed by atoms with E-state index in [-0.39, 0.29) is 11.8 Å². The molecule has 0 unspecified atom stereocenters. The molecule has 1 aliphatic carbocycles. The van der Waals surface area contributed by atoms with Crippen molar-refractivity contribution in [1.29, 1.82) is 0 Å². The molecule has 1 aromatic heterocycles. The van der Waals surface area contributed by atoms with Crippen molar-refractivity contribution in [3.05, 3.63) is 41.6 Å². The van der Waals surface area contributed by atoms with Crippen LogP contribution in [0.2, 0.25) is 0 Å². The summed E-state index contributed by atoms with van der Waals surface area (Å²) >= 11 is 1.43. The molecule has 130 valence electrons. The monoisotopic (exact) mass is 357 g/mol. The predicted molar refractivity (Wildman–Crippen MR) is 103 cm³/mol. The first-order valence-corrected chi connectivity index (χ1v) is 8.95. The molecule has 0 radical (unpaired) electrons. The Bertz CT molecular complexity index is 878. The maximum Gasteiger partial charge on any atom is 0.229 e. The Morgan fingerprint density at radius 1 is 1.44 bits per heavy atom. The number of halogens is 1. The first-order chi connectivity index (χ1) is 12.0. The summed E-state index contributed by atoms with van der Waals surface area (Å²) in [6, 6.07) is 6.03. The standard InChI is InChI=1S/C19H20FN3OS/c1-11(6-7-21-3)12(2)13-4-5-16-17(10-13)25-19(22-16)23-18(24)14-8-15(20)9-14/h4-7,10,14-15H,3,8-9H2,1-2H3,(H,22,23,24)/b7-6-,12-11+. The third kappa shape index (κ3) is 3.85. The van der Waals surface area contributed by atoms with E-state index in [9.17, 15) is 9.18 Å². The van der Waals surface area contributed by atoms with Crippen molar-refractivity contribution in [3.63, 3.8) is 0 Å². The van der Waals surface area contributed by atoms with E-state index >= 15 is 0 Å². The smallest absolute Gasteiger partial charge is 0.229 e. The SMILES string of the molecule is C=N/C=C\C(C)=C(/C)c1ccc2nc(NC(=O)C3CC(F)C3)sc2c1. The maximum absolute atomic E-state index is 12.9. The molecule has 1 heterocycles. The predicted octanol–water partition coefficient (Wildman–Crippen LogP) is 4.99. The van der Waals surface area contributed by atoms with Crippen LogP contribution >= 0.6 is 11.3 Å². The number of nitrogens with zero attached hydrogens (tertiary/aromatic N) is 2. The molecular weight excluding hydrogens is 337 g/mol. The largest absolute Gasteiger partial charge is 0.302 e. The number of hydrogen-bond acceptors (Lipinski definition) is 4. The average Bonchev–Trinajstić information content (AvgIpc) is 2.97. The number of alkyl halides is 1. The van der Waals surface area contributed by atoms with Crippen LogP contribution < -0.4 is 5.32 Å². The summed E-state index contributed by atoms with van der Waals surface area (Å²) in [5.41, 5.74) is 4.19. The zero-order valence-electron chi connectivity index (χ0n) is 14.3. The first-order valence-electron chi connectivity index (χ1n) is 8.13. The minimum Gasteiger partial charge on any atom is -0.302 e. The molecule has 1 saturated carbocycles. The average molecular weight is 357 g/mol. The maximum atomic E-state index is 12.9. The number of benzene rings is 1. The highest BCUT2D eigenvalue weighted by Crippen LogP contribution is 2.33. The first kappa shape index (κ1) is 17.5. The van der Waals surface area contributed by atoms with E-state index < -0.39 is 6.17 Å². The second-order valence-electron chi connectivity index (χ2n) is 6.26. The van der Waals surface area contributed by atoms with Crippen LogP contribution in [0.3, 0.4) is 0 Å². The van der Waals surface area contributed by atoms with E-state index in [1.54, 1.807) is 6.20 Å². The number of hydrogen-bond donors (Lipinski definition) is 1. The third-order valence-electron chi connectivity index (χ3n) is 4.52. The van der Waals surface area contributed by atoms with Gasteiger partial charge in [0.15, 0.2) is 5.13 Å². The summed E-state index contributed by atoms with van der Waals surface area (Å²) < 4.78 is 13.9. The molecule has 0 saturated heterocycles. The van der Waals surface area contributed by atoms with Crippen molar-refractivity contribution in [2.24, 2.45) is 10.9 Å². The van der Waals surface area contributed by atoms with Crippen molar-refractivity contribution < 1.29 is 9.18 Å². The van der Waals surface area contributed by atoms with Gasteiger partial charge < -0.3 is 5.32 Å². The number of amides is 1. The van der Waals surface area contributed by atoms with Crippen molar-refractivity contribution in [2.45, 2.75) is 32.9 Å². The van der Waals surface area contributed by atoms with E-state index in [0.29, 0.717) is 18.0 Å². The van der Waals surface area contributed by atoms with Crippen LogP contribution in [-0.4, -0.2) is 23.8 Å². The zero-order valence-corrected chi connectivity index (χ0v) is 15.1. The van der Waals surface area contributed by atoms with Gasteiger partial charge in [-0.25, -0.2) is 9.37 Å². The van der Waals surface area contributed by atoms with Crippen LogP contribution in [0.1, 0.15) is 32.3 Å². The van der Waals surface area contributed by atoms with E-state index in [4.69, 9.17) is 0 Å². The van der Waals surface area contributed by atoms with Gasteiger partial charge in [-0.3, -0.25) is 9.79 Å². The summed E-state index contributed by atoms with van der Waals surface area (Å²) in [5.74, 6) is -0.363. The molecule has 1 fully saturated rings. The number of thiazole rings is 1. The Morgan fingerprint density at radius 3 is 2.88 bits per heavy atom. The number of carbonyl (C=O) groups is 1. The zero-order chi connectivity index (χ0) is 18.0. The summed E-state index contributed by atoms with van der Waals surface area (Å²) in [4.78, 5) is 20.2. The Morgan fingerprint density at radius 2 is 2.20 bits per heavy atom. The molecule has 25 heavy (non-hydrogen) atoms. The summed E-state index contributed by atoms with van der Waals surface area (Å²) in [7, 11) is 0. The van der Waals surface area contributed by atoms with Gasteiger partial charge in [0.05, 0.1) is 10.2 Å². The van der Waals surface area contributed by atoms with Crippen molar-refractivity contribution in [1.82, 2.24) is 4.98 Å². The number of nitrogens with one attached hydrogen (secondary N) is 1. The number of aromatic nitrogens is 1. The van der Waals surface area contributed by atoms with Gasteiger partial charge in [0.1, 0.15) is 6.17 Å². The van der Waals surface area contributed by atoms with E-state index in [2.05, 4.69) is 35.0 Å². The summed E-state index contributed by atoms with van der Waals surface area (Å²) in [5, 5.41) is 3.38. The number of fused-ring (bicyclic) bond motifs is 1. The van der Waals surface area contributed by atoms with E-state index in [0.717, 1.165) is 26.9 Å². The molecule has 1 aliphatic rings. The minimum atomic E-state index is -0.836. The van der Waals surface area contributed by atoms with Crippen molar-refractivity contribution in [2.75, 3.05) is 5.32 Å². The summed E-state index contributed by atoms with van der Waals surface area (Å²) in [6.45, 7) is 7.51. The lowest BCUT2D eigenvalue weighted by atomic mass is 9.83. The molecule has 1 N–H and O–H groups in total. The van der Waals surface area contributed by atoms with Crippen LogP contribution in [0, 0.1) is 5.92 Å². The fourth-order valence-electron chi connectivity index (χ4n) is 2.70. The van der Waals surface area contributed by atoms with Crippen molar-refractivity contribution in [3.8, 4) is 0 Å². The third-order valence-corrected chi connectivity index (χ3v) is 5.46. The molecule has 2 aromatic rings. The lowest BCUT2D eigenvalue weighted by Crippen LogP contribution is -2.35. The van der Waals surface area contributed by atoms with Gasteiger partial charge in [-0.2, -0.15) is 0 Å². The van der Waals surface area contributed by atoms with Crippen LogP contribution in [0.25, 0.3) is 15.8 Å². The molecule has 0 bridgehead atoms. The molecule has 1 aromatic carbocycles. The normalized spacial score (nSPS) is 21.1. The van der Waals surface area contributed by atoms with Crippen LogP contribution in [0.4, 0.5) is 9.52 Å². The number of anilines is 1. The topological polar surface area (TPSA) is 54.4 Å². The lowest BCUT2D eigenvalue weighted by molar-refractivity contribution is -0.124. The fourth-order valence-corrected chi connectivity index (χ4v) is 3.61. The van der Waals surface area contributed by atoms with Crippen LogP contribution in [0.5, 0.6) is 0 Å². The second-order valence-corrected chi connectivity index (χ2v) is 7.29. The molecule has 0 spiro atoms. The van der Waals surface area contributed by atoms with Gasteiger partial charge in [-0.05, 0) is 68.3 Å². The van der Waals surface area contributed by atoms with Gasteiger partial charge in [-0.15, -0.1) is 0 Å². The summed E-state index contributed by atoms with van der Waals surface area (Å²) in [6.07, 6.45) is 3.38. The fraction of sp³-hybridized carbons (Fsp3) is 0.316. The van der Waals surface area contributed by atoms with Crippen molar-refractivity contribution >= 4 is 44.9 Å². The quantitative estimate of drug-likeness (QED) is 0.605. The molecule has 1 amide bonds. The number of carbonyl (C=O) groups excluding carboxylic acids is 1. The molecule has 4 nitrogen and oxygen atoms in total. The van der Waals surface area contributed by atoms with Crippen LogP contribution in [0.15, 0.2) is 41.0 Å². The molecule has 3 rings (SSSR count). The van der Waals surface area contributed by atoms with Gasteiger partial charge in [0, 0.05) is 12.1 Å². The second kappa shape index (κ2) is 7.27. The molecule has 6 heteroatoms. The van der Waals surface area contributed by atoms with E-state index in [1.807, 2.05) is 25.1 Å². The number of allylic oxidation sites excluding steroid dienone is 3. The molecule has 0 atom stereocenters. The Hall–Kier alpha value is -2.34. The lowest BCUT2D eigenvalue weighted by Gasteiger charge is -2.27. The highest BCUT2D eigenvalue weighted by Gasteiger charge is 2.34. The Balaban J connectivity index is 1.80. The highest BCUT2D eigenvalue weighted by atomic mass is 32.1. The minimum absolute atomic E-state index is 0.137. The Kier molecular flexibility index (Phi) is 5.08. The van der Waals surface area contributed by atoms with Gasteiger partial charge >= 0.3 is 0 Å². The van der Waals surface area contributed by atoms with E-state index in [1.165, 1.54) is 11.3 Å².